The summed E-state index contributed by atoms with van der Waals surface area (Å²) < 4.78 is 0.356. The molecule has 2 aromatic carbocycles. The SMILES string of the molecule is Cc1ccc(C(=O)O)cc1N1C(=O)C(=Cc2ccccc2Cl)SC1=S. The van der Waals surface area contributed by atoms with Gasteiger partial charge in [-0.05, 0) is 42.3 Å². The zero-order valence-electron chi connectivity index (χ0n) is 13.0. The minimum Gasteiger partial charge on any atom is -0.478 e. The van der Waals surface area contributed by atoms with Crippen LogP contribution in [0.5, 0.6) is 0 Å². The molecule has 3 rings (SSSR count). The van der Waals surface area contributed by atoms with Gasteiger partial charge in [-0.3, -0.25) is 9.69 Å². The predicted octanol–water partition coefficient (Wildman–Crippen LogP) is 4.75. The molecule has 1 aliphatic heterocycles. The van der Waals surface area contributed by atoms with Crippen molar-refractivity contribution in [2.45, 2.75) is 6.92 Å². The first-order chi connectivity index (χ1) is 11.9. The molecule has 0 spiro atoms. The summed E-state index contributed by atoms with van der Waals surface area (Å²) in [6, 6.07) is 11.8. The van der Waals surface area contributed by atoms with Crippen molar-refractivity contribution in [1.29, 1.82) is 0 Å². The van der Waals surface area contributed by atoms with Gasteiger partial charge in [0.15, 0.2) is 4.32 Å². The van der Waals surface area contributed by atoms with E-state index in [4.69, 9.17) is 23.8 Å². The van der Waals surface area contributed by atoms with Gasteiger partial charge in [0.05, 0.1) is 16.2 Å². The van der Waals surface area contributed by atoms with Crippen LogP contribution in [0.3, 0.4) is 0 Å². The minimum atomic E-state index is -1.06. The number of thioether (sulfide) groups is 1. The molecule has 1 heterocycles. The highest BCUT2D eigenvalue weighted by Crippen LogP contribution is 2.38. The second-order valence-corrected chi connectivity index (χ2v) is 7.43. The second kappa shape index (κ2) is 7.00. The third-order valence-corrected chi connectivity index (χ3v) is 5.33. The van der Waals surface area contributed by atoms with Gasteiger partial charge in [0, 0.05) is 5.02 Å². The van der Waals surface area contributed by atoms with Crippen molar-refractivity contribution in [2.24, 2.45) is 0 Å². The Bertz CT molecular complexity index is 940. The molecule has 4 nitrogen and oxygen atoms in total. The van der Waals surface area contributed by atoms with Crippen LogP contribution < -0.4 is 4.90 Å². The number of hydrogen-bond donors (Lipinski definition) is 1. The normalized spacial score (nSPS) is 15.9. The number of rotatable bonds is 3. The van der Waals surface area contributed by atoms with Gasteiger partial charge >= 0.3 is 5.97 Å². The molecular weight excluding hydrogens is 378 g/mol. The number of nitrogens with zero attached hydrogens (tertiary/aromatic N) is 1. The molecule has 1 saturated heterocycles. The number of aryl methyl sites for hydroxylation is 1. The molecule has 0 atom stereocenters. The van der Waals surface area contributed by atoms with Crippen LogP contribution in [0.15, 0.2) is 47.4 Å². The maximum absolute atomic E-state index is 12.8. The molecule has 0 saturated carbocycles. The number of hydrogen-bond acceptors (Lipinski definition) is 4. The van der Waals surface area contributed by atoms with E-state index in [0.29, 0.717) is 19.9 Å². The Labute approximate surface area is 159 Å². The van der Waals surface area contributed by atoms with E-state index < -0.39 is 5.97 Å². The topological polar surface area (TPSA) is 57.6 Å². The van der Waals surface area contributed by atoms with Crippen LogP contribution in [0, 0.1) is 6.92 Å². The summed E-state index contributed by atoms with van der Waals surface area (Å²) in [7, 11) is 0. The summed E-state index contributed by atoms with van der Waals surface area (Å²) >= 11 is 12.7. The van der Waals surface area contributed by atoms with Crippen molar-refractivity contribution in [3.05, 3.63) is 69.1 Å². The maximum atomic E-state index is 12.8. The van der Waals surface area contributed by atoms with Crippen LogP contribution >= 0.6 is 35.6 Å². The van der Waals surface area contributed by atoms with Gasteiger partial charge in [0.25, 0.3) is 5.91 Å². The number of carbonyl (C=O) groups excluding carboxylic acids is 1. The molecule has 1 aliphatic rings. The Balaban J connectivity index is 2.02. The molecule has 1 amide bonds. The molecule has 1 N–H and O–H groups in total. The lowest BCUT2D eigenvalue weighted by molar-refractivity contribution is -0.113. The Kier molecular flexibility index (Phi) is 4.94. The summed E-state index contributed by atoms with van der Waals surface area (Å²) in [6.07, 6.45) is 1.69. The van der Waals surface area contributed by atoms with Gasteiger partial charge < -0.3 is 5.11 Å². The zero-order chi connectivity index (χ0) is 18.1. The summed E-state index contributed by atoms with van der Waals surface area (Å²) in [5.74, 6) is -1.35. The smallest absolute Gasteiger partial charge is 0.335 e. The first kappa shape index (κ1) is 17.7. The maximum Gasteiger partial charge on any atom is 0.335 e. The lowest BCUT2D eigenvalue weighted by Crippen LogP contribution is -2.28. The van der Waals surface area contributed by atoms with Crippen LogP contribution in [0.2, 0.25) is 5.02 Å². The van der Waals surface area contributed by atoms with Crippen LogP contribution in [0.25, 0.3) is 6.08 Å². The molecule has 126 valence electrons. The Hall–Kier alpha value is -2.15. The summed E-state index contributed by atoms with van der Waals surface area (Å²) in [5.41, 5.74) is 2.07. The standard InChI is InChI=1S/C18H12ClNO3S2/c1-10-6-7-12(17(22)23)8-14(10)20-16(21)15(25-18(20)24)9-11-4-2-3-5-13(11)19/h2-9H,1H3,(H,22,23). The average Bonchev–Trinajstić information content (AvgIpc) is 2.84. The van der Waals surface area contributed by atoms with Crippen molar-refractivity contribution in [3.8, 4) is 0 Å². The highest BCUT2D eigenvalue weighted by molar-refractivity contribution is 8.27. The number of carboxylic acids is 1. The van der Waals surface area contributed by atoms with E-state index in [0.717, 1.165) is 11.1 Å². The van der Waals surface area contributed by atoms with Gasteiger partial charge in [-0.1, -0.05) is 59.8 Å². The van der Waals surface area contributed by atoms with E-state index >= 15 is 0 Å². The molecule has 0 bridgehead atoms. The van der Waals surface area contributed by atoms with Gasteiger partial charge in [-0.2, -0.15) is 0 Å². The van der Waals surface area contributed by atoms with E-state index in [-0.39, 0.29) is 11.5 Å². The van der Waals surface area contributed by atoms with Crippen LogP contribution in [-0.2, 0) is 4.79 Å². The number of benzene rings is 2. The number of carbonyl (C=O) groups is 2. The number of thiocarbonyl (C=S) groups is 1. The summed E-state index contributed by atoms with van der Waals surface area (Å²) in [6.45, 7) is 1.80. The van der Waals surface area contributed by atoms with E-state index in [1.165, 1.54) is 28.8 Å². The molecule has 2 aromatic rings. The number of anilines is 1. The molecule has 7 heteroatoms. The molecule has 0 aromatic heterocycles. The highest BCUT2D eigenvalue weighted by atomic mass is 35.5. The van der Waals surface area contributed by atoms with Crippen molar-refractivity contribution in [1.82, 2.24) is 0 Å². The fraction of sp³-hybridized carbons (Fsp3) is 0.0556. The van der Waals surface area contributed by atoms with Crippen LogP contribution in [-0.4, -0.2) is 21.3 Å². The highest BCUT2D eigenvalue weighted by Gasteiger charge is 2.34. The Morgan fingerprint density at radius 1 is 1.28 bits per heavy atom. The Morgan fingerprint density at radius 2 is 2.00 bits per heavy atom. The first-order valence-electron chi connectivity index (χ1n) is 7.25. The molecule has 0 radical (unpaired) electrons. The van der Waals surface area contributed by atoms with Gasteiger partial charge in [-0.15, -0.1) is 0 Å². The van der Waals surface area contributed by atoms with Gasteiger partial charge in [0.1, 0.15) is 0 Å². The van der Waals surface area contributed by atoms with Crippen molar-refractivity contribution in [3.63, 3.8) is 0 Å². The predicted molar refractivity (Wildman–Crippen MR) is 105 cm³/mol. The molecule has 0 aliphatic carbocycles. The monoisotopic (exact) mass is 389 g/mol. The molecule has 1 fully saturated rings. The van der Waals surface area contributed by atoms with Crippen LogP contribution in [0.1, 0.15) is 21.5 Å². The quantitative estimate of drug-likeness (QED) is 0.606. The summed E-state index contributed by atoms with van der Waals surface area (Å²) in [4.78, 5) is 25.9. The third kappa shape index (κ3) is 3.46. The second-order valence-electron chi connectivity index (χ2n) is 5.35. The lowest BCUT2D eigenvalue weighted by atomic mass is 10.1. The largest absolute Gasteiger partial charge is 0.478 e. The molecule has 25 heavy (non-hydrogen) atoms. The fourth-order valence-electron chi connectivity index (χ4n) is 2.39. The summed E-state index contributed by atoms with van der Waals surface area (Å²) in [5, 5.41) is 9.72. The van der Waals surface area contributed by atoms with E-state index in [9.17, 15) is 14.7 Å². The number of halogens is 1. The van der Waals surface area contributed by atoms with E-state index in [1.54, 1.807) is 25.1 Å². The zero-order valence-corrected chi connectivity index (χ0v) is 15.4. The first-order valence-corrected chi connectivity index (χ1v) is 8.85. The number of aromatic carboxylic acids is 1. The number of carboxylic acid groups (broad SMARTS) is 1. The van der Waals surface area contributed by atoms with Gasteiger partial charge in [0.2, 0.25) is 0 Å². The van der Waals surface area contributed by atoms with Crippen molar-refractivity contribution < 1.29 is 14.7 Å². The average molecular weight is 390 g/mol. The molecular formula is C18H12ClNO3S2. The molecule has 0 unspecified atom stereocenters. The third-order valence-electron chi connectivity index (χ3n) is 3.68. The van der Waals surface area contributed by atoms with E-state index in [1.807, 2.05) is 18.2 Å². The van der Waals surface area contributed by atoms with Crippen LogP contribution in [0.4, 0.5) is 5.69 Å². The van der Waals surface area contributed by atoms with Crippen molar-refractivity contribution >= 4 is 63.5 Å². The number of amides is 1. The van der Waals surface area contributed by atoms with E-state index in [2.05, 4.69) is 0 Å². The van der Waals surface area contributed by atoms with Gasteiger partial charge in [-0.25, -0.2) is 4.79 Å². The Morgan fingerprint density at radius 3 is 2.68 bits per heavy atom. The van der Waals surface area contributed by atoms with Crippen molar-refractivity contribution in [2.75, 3.05) is 4.90 Å². The minimum absolute atomic E-state index is 0.102. The lowest BCUT2D eigenvalue weighted by Gasteiger charge is -2.17. The fourth-order valence-corrected chi connectivity index (χ4v) is 3.86.